The van der Waals surface area contributed by atoms with Gasteiger partial charge in [-0.25, -0.2) is 9.97 Å². The van der Waals surface area contributed by atoms with Gasteiger partial charge >= 0.3 is 0 Å². The van der Waals surface area contributed by atoms with Crippen LogP contribution in [0.3, 0.4) is 0 Å². The van der Waals surface area contributed by atoms with Gasteiger partial charge in [0, 0.05) is 0 Å². The van der Waals surface area contributed by atoms with E-state index in [0.29, 0.717) is 5.92 Å². The Morgan fingerprint density at radius 3 is 2.14 bits per heavy atom. The molecule has 0 aliphatic carbocycles. The van der Waals surface area contributed by atoms with Crippen LogP contribution in [0, 0.1) is 5.92 Å². The van der Waals surface area contributed by atoms with Gasteiger partial charge < -0.3 is 19.5 Å². The van der Waals surface area contributed by atoms with Crippen molar-refractivity contribution in [3.8, 4) is 22.3 Å². The molecule has 1 unspecified atom stereocenters. The molecule has 5 aromatic rings. The van der Waals surface area contributed by atoms with Crippen LogP contribution in [0.15, 0.2) is 69.5 Å². The molecule has 0 saturated carbocycles. The van der Waals surface area contributed by atoms with Crippen molar-refractivity contribution in [1.82, 2.24) is 20.6 Å². The topological polar surface area (TPSA) is 76.1 Å². The second-order valence-electron chi connectivity index (χ2n) is 10.00. The van der Waals surface area contributed by atoms with Crippen LogP contribution < -0.4 is 10.6 Å². The summed E-state index contributed by atoms with van der Waals surface area (Å²) in [5.74, 6) is 2.25. The molecule has 0 radical (unpaired) electrons. The largest absolute Gasteiger partial charge is 0.439 e. The summed E-state index contributed by atoms with van der Waals surface area (Å²) in [5, 5.41) is 6.97. The molecule has 2 aromatic heterocycles. The van der Waals surface area contributed by atoms with Crippen LogP contribution in [-0.4, -0.2) is 23.1 Å². The van der Waals surface area contributed by atoms with Crippen molar-refractivity contribution in [3.63, 3.8) is 0 Å². The number of hydrogen-bond acceptors (Lipinski definition) is 6. The lowest BCUT2D eigenvalue weighted by molar-refractivity contribution is 0.446. The summed E-state index contributed by atoms with van der Waals surface area (Å²) >= 11 is 0. The molecule has 4 heterocycles. The molecule has 0 amide bonds. The summed E-state index contributed by atoms with van der Waals surface area (Å²) in [7, 11) is 0. The van der Waals surface area contributed by atoms with Crippen molar-refractivity contribution in [1.29, 1.82) is 0 Å². The normalized spacial score (nSPS) is 22.5. The van der Waals surface area contributed by atoms with Gasteiger partial charge in [0.25, 0.3) is 0 Å². The fourth-order valence-corrected chi connectivity index (χ4v) is 5.40. The summed E-state index contributed by atoms with van der Waals surface area (Å²) in [4.78, 5) is 9.48. The third-order valence-electron chi connectivity index (χ3n) is 7.37. The molecule has 3 atom stereocenters. The van der Waals surface area contributed by atoms with E-state index in [1.54, 1.807) is 0 Å². The molecule has 2 fully saturated rings. The summed E-state index contributed by atoms with van der Waals surface area (Å²) in [5.41, 5.74) is 8.07. The Morgan fingerprint density at radius 1 is 0.714 bits per heavy atom. The van der Waals surface area contributed by atoms with Gasteiger partial charge in [0.15, 0.2) is 11.2 Å². The van der Waals surface area contributed by atoms with Crippen LogP contribution in [-0.2, 0) is 0 Å². The second-order valence-corrected chi connectivity index (χ2v) is 10.00. The van der Waals surface area contributed by atoms with Gasteiger partial charge in [0.05, 0.1) is 12.1 Å². The summed E-state index contributed by atoms with van der Waals surface area (Å²) in [6, 6.07) is 21.6. The molecule has 2 N–H and O–H groups in total. The maximum atomic E-state index is 6.10. The number of benzene rings is 3. The van der Waals surface area contributed by atoms with E-state index in [9.17, 15) is 0 Å². The van der Waals surface area contributed by atoms with Crippen LogP contribution in [0.1, 0.15) is 50.1 Å². The number of oxazole rings is 2. The Bertz CT molecular complexity index is 1510. The zero-order chi connectivity index (χ0) is 23.4. The Hall–Kier alpha value is -3.48. The van der Waals surface area contributed by atoms with Crippen molar-refractivity contribution in [2.45, 2.75) is 38.3 Å². The Balaban J connectivity index is 1.14. The van der Waals surface area contributed by atoms with Gasteiger partial charge in [-0.15, -0.1) is 0 Å². The van der Waals surface area contributed by atoms with E-state index in [1.165, 1.54) is 6.42 Å². The Morgan fingerprint density at radius 2 is 1.40 bits per heavy atom. The first kappa shape index (κ1) is 20.9. The lowest BCUT2D eigenvalue weighted by atomic mass is 10.00. The lowest BCUT2D eigenvalue weighted by Gasteiger charge is -2.05. The molecular formula is C29H28N4O2. The Labute approximate surface area is 203 Å². The van der Waals surface area contributed by atoms with Gasteiger partial charge in [-0.05, 0) is 84.8 Å². The molecule has 176 valence electrons. The fourth-order valence-electron chi connectivity index (χ4n) is 5.40. The van der Waals surface area contributed by atoms with E-state index < -0.39 is 0 Å². The molecule has 2 aliphatic rings. The number of nitrogens with one attached hydrogen (secondary N) is 2. The standard InChI is InChI=1S/C29H28N4O2/c1-17-13-25(31-16-17)29-33-24-14-20(9-11-26(24)34-29)18-4-6-19(7-5-18)21-8-10-22-27(15-21)35-28(32-22)23-3-2-12-30-23/h4-11,14-15,17,23,25,30-31H,2-3,12-13,16H2,1H3/t17-,23-,25?/m0/s1. The lowest BCUT2D eigenvalue weighted by Crippen LogP contribution is -2.13. The molecule has 2 saturated heterocycles. The number of hydrogen-bond donors (Lipinski definition) is 2. The third-order valence-corrected chi connectivity index (χ3v) is 7.37. The number of rotatable bonds is 4. The molecule has 2 aliphatic heterocycles. The van der Waals surface area contributed by atoms with Gasteiger partial charge in [0.2, 0.25) is 11.8 Å². The first-order valence-corrected chi connectivity index (χ1v) is 12.6. The van der Waals surface area contributed by atoms with Crippen LogP contribution >= 0.6 is 0 Å². The molecule has 6 heteroatoms. The summed E-state index contributed by atoms with van der Waals surface area (Å²) in [6.45, 7) is 4.30. The van der Waals surface area contributed by atoms with Crippen LogP contribution in [0.4, 0.5) is 0 Å². The van der Waals surface area contributed by atoms with Crippen molar-refractivity contribution in [2.75, 3.05) is 13.1 Å². The molecule has 35 heavy (non-hydrogen) atoms. The number of nitrogens with zero attached hydrogens (tertiary/aromatic N) is 2. The van der Waals surface area contributed by atoms with Crippen molar-refractivity contribution < 1.29 is 8.83 Å². The third kappa shape index (κ3) is 3.83. The first-order chi connectivity index (χ1) is 17.2. The van der Waals surface area contributed by atoms with Crippen LogP contribution in [0.25, 0.3) is 44.5 Å². The van der Waals surface area contributed by atoms with E-state index in [2.05, 4.69) is 72.2 Å². The fraction of sp³-hybridized carbons (Fsp3) is 0.310. The van der Waals surface area contributed by atoms with Gasteiger partial charge in [-0.3, -0.25) is 0 Å². The van der Waals surface area contributed by atoms with Gasteiger partial charge in [-0.1, -0.05) is 43.3 Å². The molecule has 6 nitrogen and oxygen atoms in total. The summed E-state index contributed by atoms with van der Waals surface area (Å²) in [6.07, 6.45) is 3.32. The number of aromatic nitrogens is 2. The minimum Gasteiger partial charge on any atom is -0.439 e. The number of fused-ring (bicyclic) bond motifs is 2. The minimum absolute atomic E-state index is 0.215. The van der Waals surface area contributed by atoms with E-state index in [1.807, 2.05) is 6.07 Å². The maximum Gasteiger partial charge on any atom is 0.212 e. The highest BCUT2D eigenvalue weighted by Crippen LogP contribution is 2.33. The molecule has 3 aromatic carbocycles. The van der Waals surface area contributed by atoms with Crippen LogP contribution in [0.2, 0.25) is 0 Å². The molecule has 0 bridgehead atoms. The summed E-state index contributed by atoms with van der Waals surface area (Å²) < 4.78 is 12.1. The monoisotopic (exact) mass is 464 g/mol. The van der Waals surface area contributed by atoms with E-state index in [-0.39, 0.29) is 12.1 Å². The zero-order valence-corrected chi connectivity index (χ0v) is 19.8. The van der Waals surface area contributed by atoms with Crippen molar-refractivity contribution in [2.24, 2.45) is 5.92 Å². The average Bonchev–Trinajstić information content (AvgIpc) is 3.69. The molecular weight excluding hydrogens is 436 g/mol. The highest BCUT2D eigenvalue weighted by molar-refractivity contribution is 5.83. The van der Waals surface area contributed by atoms with Crippen molar-refractivity contribution in [3.05, 3.63) is 72.4 Å². The second kappa shape index (κ2) is 8.33. The quantitative estimate of drug-likeness (QED) is 0.321. The van der Waals surface area contributed by atoms with Crippen molar-refractivity contribution >= 4 is 22.2 Å². The van der Waals surface area contributed by atoms with E-state index >= 15 is 0 Å². The SMILES string of the molecule is C[C@@H]1CNC(c2nc3cc(-c4ccc(-c5ccc6nc([C@@H]7CCCN7)oc6c5)cc4)ccc3o2)C1. The first-order valence-electron chi connectivity index (χ1n) is 12.6. The average molecular weight is 465 g/mol. The van der Waals surface area contributed by atoms with E-state index in [4.69, 9.17) is 18.8 Å². The Kier molecular flexibility index (Phi) is 4.96. The smallest absolute Gasteiger partial charge is 0.212 e. The minimum atomic E-state index is 0.215. The van der Waals surface area contributed by atoms with Gasteiger partial charge in [-0.2, -0.15) is 0 Å². The molecule has 0 spiro atoms. The van der Waals surface area contributed by atoms with E-state index in [0.717, 1.165) is 82.2 Å². The maximum absolute atomic E-state index is 6.10. The highest BCUT2D eigenvalue weighted by atomic mass is 16.4. The zero-order valence-electron chi connectivity index (χ0n) is 19.8. The predicted molar refractivity (Wildman–Crippen MR) is 137 cm³/mol. The van der Waals surface area contributed by atoms with Crippen LogP contribution in [0.5, 0.6) is 0 Å². The predicted octanol–water partition coefficient (Wildman–Crippen LogP) is 6.40. The molecule has 7 rings (SSSR count). The van der Waals surface area contributed by atoms with Gasteiger partial charge in [0.1, 0.15) is 11.0 Å². The highest BCUT2D eigenvalue weighted by Gasteiger charge is 2.26.